The smallest absolute Gasteiger partial charge is 0.472 e. The molecule has 0 fully saturated rings. The third-order valence-electron chi connectivity index (χ3n) is 7.64. The van der Waals surface area contributed by atoms with Crippen LogP contribution in [0, 0.1) is 0 Å². The van der Waals surface area contributed by atoms with Gasteiger partial charge in [-0.15, -0.1) is 0 Å². The molecule has 1 unspecified atom stereocenters. The Hall–Kier alpha value is -1.03. The number of carboxylic acid groups (broad SMARTS) is 1. The Kier molecular flexibility index (Phi) is 29.9. The number of carbonyl (C=O) groups is 2. The maximum Gasteiger partial charge on any atom is 0.472 e. The summed E-state index contributed by atoms with van der Waals surface area (Å²) in [6, 6.07) is -1.47. The Morgan fingerprint density at radius 2 is 1.05 bits per heavy atom. The van der Waals surface area contributed by atoms with Crippen LogP contribution < -0.4 is 5.73 Å². The molecule has 4 N–H and O–H groups in total. The molecule has 0 aliphatic heterocycles. The Balaban J connectivity index is 4.32. The summed E-state index contributed by atoms with van der Waals surface area (Å²) >= 11 is 0. The number of phosphoric acid groups is 1. The number of rotatable bonds is 34. The van der Waals surface area contributed by atoms with Crippen molar-refractivity contribution in [2.75, 3.05) is 26.4 Å². The summed E-state index contributed by atoms with van der Waals surface area (Å²) in [5.41, 5.74) is 5.32. The molecule has 0 aliphatic carbocycles. The fourth-order valence-corrected chi connectivity index (χ4v) is 5.62. The number of unbranched alkanes of at least 4 members (excludes halogenated alkanes) is 20. The molecule has 0 amide bonds. The van der Waals surface area contributed by atoms with E-state index in [1.165, 1.54) is 103 Å². The second-order valence-corrected chi connectivity index (χ2v) is 13.5. The van der Waals surface area contributed by atoms with Crippen LogP contribution in [-0.2, 0) is 32.7 Å². The molecule has 3 atom stereocenters. The first-order valence-corrected chi connectivity index (χ1v) is 19.1. The number of carboxylic acids is 1. The van der Waals surface area contributed by atoms with Gasteiger partial charge in [-0.25, -0.2) is 4.57 Å². The summed E-state index contributed by atoms with van der Waals surface area (Å²) in [7, 11) is -4.59. The third kappa shape index (κ3) is 29.7. The molecular weight excluding hydrogens is 585 g/mol. The molecule has 0 heterocycles. The quantitative estimate of drug-likeness (QED) is 0.0350. The van der Waals surface area contributed by atoms with Crippen LogP contribution in [0.2, 0.25) is 0 Å². The van der Waals surface area contributed by atoms with E-state index in [4.69, 9.17) is 24.8 Å². The lowest BCUT2D eigenvalue weighted by molar-refractivity contribution is -0.154. The molecule has 44 heavy (non-hydrogen) atoms. The zero-order valence-corrected chi connectivity index (χ0v) is 28.9. The monoisotopic (exact) mass is 651 g/mol. The van der Waals surface area contributed by atoms with E-state index >= 15 is 0 Å². The van der Waals surface area contributed by atoms with Crippen LogP contribution in [0.25, 0.3) is 0 Å². The van der Waals surface area contributed by atoms with Gasteiger partial charge in [-0.1, -0.05) is 142 Å². The van der Waals surface area contributed by atoms with Crippen LogP contribution in [0.5, 0.6) is 0 Å². The number of nitrogens with two attached hydrogens (primary N) is 1. The highest BCUT2D eigenvalue weighted by molar-refractivity contribution is 7.47. The number of carbonyl (C=O) groups excluding carboxylic acids is 1. The fraction of sp³-hybridized carbons (Fsp3) is 0.939. The minimum Gasteiger partial charge on any atom is -0.480 e. The van der Waals surface area contributed by atoms with E-state index in [0.717, 1.165) is 38.5 Å². The minimum absolute atomic E-state index is 0.0242. The molecule has 0 saturated heterocycles. The number of aliphatic carboxylic acids is 1. The van der Waals surface area contributed by atoms with Gasteiger partial charge in [0.2, 0.25) is 0 Å². The molecule has 10 nitrogen and oxygen atoms in total. The van der Waals surface area contributed by atoms with Gasteiger partial charge < -0.3 is 25.2 Å². The Bertz CT molecular complexity index is 725. The van der Waals surface area contributed by atoms with Gasteiger partial charge in [0.15, 0.2) is 0 Å². The summed E-state index contributed by atoms with van der Waals surface area (Å²) in [5, 5.41) is 8.83. The Morgan fingerprint density at radius 3 is 1.50 bits per heavy atom. The molecule has 0 rings (SSSR count). The molecule has 0 aromatic heterocycles. The highest BCUT2D eigenvalue weighted by Crippen LogP contribution is 2.43. The Morgan fingerprint density at radius 1 is 0.636 bits per heavy atom. The number of hydrogen-bond donors (Lipinski definition) is 3. The van der Waals surface area contributed by atoms with Gasteiger partial charge >= 0.3 is 19.8 Å². The van der Waals surface area contributed by atoms with Crippen molar-refractivity contribution in [2.45, 2.75) is 174 Å². The van der Waals surface area contributed by atoms with Crippen LogP contribution in [0.15, 0.2) is 0 Å². The average Bonchev–Trinajstić information content (AvgIpc) is 2.99. The number of hydrogen-bond acceptors (Lipinski definition) is 8. The molecule has 0 aromatic rings. The van der Waals surface area contributed by atoms with E-state index in [0.29, 0.717) is 6.61 Å². The van der Waals surface area contributed by atoms with Gasteiger partial charge in [0.05, 0.1) is 19.8 Å². The average molecular weight is 652 g/mol. The standard InChI is InChI=1S/C33H66NO9P/c1-3-5-7-9-11-13-15-16-18-20-22-24-26-40-27-30(28-41-44(38,39)42-29-31(34)33(36)37)43-32(35)25-23-21-19-17-14-12-10-8-6-4-2/h30-31H,3-29,34H2,1-2H3,(H,36,37)(H,38,39)/t30-,31+/m1/s1. The highest BCUT2D eigenvalue weighted by atomic mass is 31.2. The lowest BCUT2D eigenvalue weighted by Gasteiger charge is -2.20. The molecule has 0 spiro atoms. The van der Waals surface area contributed by atoms with Crippen LogP contribution in [0.3, 0.4) is 0 Å². The van der Waals surface area contributed by atoms with Gasteiger partial charge in [0.25, 0.3) is 0 Å². The van der Waals surface area contributed by atoms with E-state index in [-0.39, 0.29) is 13.0 Å². The van der Waals surface area contributed by atoms with Crippen molar-refractivity contribution < 1.29 is 42.7 Å². The molecule has 0 saturated carbocycles. The maximum atomic E-state index is 12.5. The predicted molar refractivity (Wildman–Crippen MR) is 176 cm³/mol. The molecular formula is C33H66NO9P. The first kappa shape index (κ1) is 43.0. The summed E-state index contributed by atoms with van der Waals surface area (Å²) in [6.45, 7) is 3.86. The van der Waals surface area contributed by atoms with Crippen molar-refractivity contribution in [3.63, 3.8) is 0 Å². The zero-order valence-electron chi connectivity index (χ0n) is 28.0. The highest BCUT2D eigenvalue weighted by Gasteiger charge is 2.27. The number of ether oxygens (including phenoxy) is 2. The summed E-state index contributed by atoms with van der Waals surface area (Å²) in [4.78, 5) is 33.2. The molecule has 0 aliphatic rings. The van der Waals surface area contributed by atoms with Gasteiger partial charge in [-0.05, 0) is 12.8 Å². The first-order chi connectivity index (χ1) is 21.2. The molecule has 11 heteroatoms. The van der Waals surface area contributed by atoms with E-state index in [9.17, 15) is 19.0 Å². The second-order valence-electron chi connectivity index (χ2n) is 12.0. The lowest BCUT2D eigenvalue weighted by Crippen LogP contribution is -2.34. The van der Waals surface area contributed by atoms with Crippen LogP contribution in [-0.4, -0.2) is 60.5 Å². The zero-order chi connectivity index (χ0) is 32.7. The molecule has 0 bridgehead atoms. The first-order valence-electron chi connectivity index (χ1n) is 17.6. The normalized spacial score (nSPS) is 14.3. The maximum absolute atomic E-state index is 12.5. The molecule has 262 valence electrons. The SMILES string of the molecule is CCCCCCCCCCCCCCOC[C@H](COP(=O)(O)OC[C@H](N)C(=O)O)OC(=O)CCCCCCCCCCCC. The molecule has 0 radical (unpaired) electrons. The van der Waals surface area contributed by atoms with Crippen molar-refractivity contribution in [3.05, 3.63) is 0 Å². The third-order valence-corrected chi connectivity index (χ3v) is 8.59. The largest absolute Gasteiger partial charge is 0.480 e. The van der Waals surface area contributed by atoms with Gasteiger partial charge in [0, 0.05) is 13.0 Å². The number of phosphoric ester groups is 1. The van der Waals surface area contributed by atoms with Crippen molar-refractivity contribution in [2.24, 2.45) is 5.73 Å². The van der Waals surface area contributed by atoms with Crippen molar-refractivity contribution in [1.82, 2.24) is 0 Å². The van der Waals surface area contributed by atoms with E-state index in [1.807, 2.05) is 0 Å². The van der Waals surface area contributed by atoms with Crippen LogP contribution in [0.1, 0.15) is 162 Å². The van der Waals surface area contributed by atoms with Gasteiger partial charge in [-0.3, -0.25) is 18.6 Å². The lowest BCUT2D eigenvalue weighted by atomic mass is 10.1. The minimum atomic E-state index is -4.59. The second kappa shape index (κ2) is 30.6. The predicted octanol–water partition coefficient (Wildman–Crippen LogP) is 8.47. The Labute approximate surface area is 268 Å². The summed E-state index contributed by atoms with van der Waals surface area (Å²) in [5.74, 6) is -1.77. The summed E-state index contributed by atoms with van der Waals surface area (Å²) < 4.78 is 33.1. The topological polar surface area (TPSA) is 155 Å². The van der Waals surface area contributed by atoms with Crippen molar-refractivity contribution in [3.8, 4) is 0 Å². The van der Waals surface area contributed by atoms with Crippen molar-refractivity contribution in [1.29, 1.82) is 0 Å². The van der Waals surface area contributed by atoms with E-state index in [2.05, 4.69) is 18.4 Å². The fourth-order valence-electron chi connectivity index (χ4n) is 4.84. The van der Waals surface area contributed by atoms with Gasteiger partial charge in [0.1, 0.15) is 12.1 Å². The molecule has 0 aromatic carbocycles. The van der Waals surface area contributed by atoms with E-state index in [1.54, 1.807) is 0 Å². The van der Waals surface area contributed by atoms with Gasteiger partial charge in [-0.2, -0.15) is 0 Å². The van der Waals surface area contributed by atoms with Crippen molar-refractivity contribution >= 4 is 19.8 Å². The van der Waals surface area contributed by atoms with E-state index < -0.39 is 45.1 Å². The van der Waals surface area contributed by atoms with Crippen LogP contribution >= 0.6 is 7.82 Å². The summed E-state index contributed by atoms with van der Waals surface area (Å²) in [6.07, 6.45) is 25.8. The van der Waals surface area contributed by atoms with Crippen LogP contribution in [0.4, 0.5) is 0 Å². The number of esters is 1.